The van der Waals surface area contributed by atoms with Crippen LogP contribution in [0.2, 0.25) is 0 Å². The first kappa shape index (κ1) is 15.3. The molecule has 0 bridgehead atoms. The number of urea groups is 1. The number of carbonyl (C=O) groups excluding carboxylic acids is 1. The lowest BCUT2D eigenvalue weighted by Gasteiger charge is -2.17. The van der Waals surface area contributed by atoms with E-state index in [9.17, 15) is 9.59 Å². The molecule has 3 N–H and O–H groups in total. The van der Waals surface area contributed by atoms with Crippen LogP contribution in [0.25, 0.3) is 0 Å². The molecular weight excluding hydrogens is 270 g/mol. The van der Waals surface area contributed by atoms with E-state index in [4.69, 9.17) is 5.11 Å². The van der Waals surface area contributed by atoms with Gasteiger partial charge in [0.05, 0.1) is 18.7 Å². The Morgan fingerprint density at radius 3 is 2.86 bits per heavy atom. The summed E-state index contributed by atoms with van der Waals surface area (Å²) in [7, 11) is 0. The molecule has 2 amide bonds. The van der Waals surface area contributed by atoms with Crippen molar-refractivity contribution in [3.05, 3.63) is 29.6 Å². The number of carboxylic acid groups (broad SMARTS) is 1. The first-order valence-electron chi connectivity index (χ1n) is 7.29. The number of amides is 2. The fourth-order valence-electron chi connectivity index (χ4n) is 2.36. The van der Waals surface area contributed by atoms with E-state index in [-0.39, 0.29) is 18.5 Å². The molecule has 1 fully saturated rings. The van der Waals surface area contributed by atoms with Crippen molar-refractivity contribution in [3.8, 4) is 0 Å². The summed E-state index contributed by atoms with van der Waals surface area (Å²) in [5, 5.41) is 14.4. The summed E-state index contributed by atoms with van der Waals surface area (Å²) in [5.41, 5.74) is 1.94. The van der Waals surface area contributed by atoms with Gasteiger partial charge in [0.2, 0.25) is 0 Å². The third-order valence-electron chi connectivity index (χ3n) is 3.68. The number of rotatable bonds is 7. The molecule has 6 nitrogen and oxygen atoms in total. The minimum atomic E-state index is -0.884. The molecule has 1 saturated carbocycles. The molecule has 1 aliphatic rings. The summed E-state index contributed by atoms with van der Waals surface area (Å²) in [4.78, 5) is 27.0. The van der Waals surface area contributed by atoms with E-state index in [2.05, 4.69) is 15.6 Å². The molecule has 1 aliphatic carbocycles. The summed E-state index contributed by atoms with van der Waals surface area (Å²) in [6, 6.07) is 3.25. The quantitative estimate of drug-likeness (QED) is 0.713. The number of hydrogen-bond acceptors (Lipinski definition) is 3. The maximum Gasteiger partial charge on any atom is 0.315 e. The molecule has 1 atom stereocenters. The summed E-state index contributed by atoms with van der Waals surface area (Å²) >= 11 is 0. The highest BCUT2D eigenvalue weighted by atomic mass is 16.4. The Bertz CT molecular complexity index is 515. The van der Waals surface area contributed by atoms with Crippen molar-refractivity contribution in [1.29, 1.82) is 0 Å². The van der Waals surface area contributed by atoms with Crippen molar-refractivity contribution in [2.75, 3.05) is 0 Å². The van der Waals surface area contributed by atoms with E-state index in [1.807, 2.05) is 19.1 Å². The van der Waals surface area contributed by atoms with Crippen LogP contribution in [0.4, 0.5) is 4.79 Å². The molecular formula is C15H21N3O3. The van der Waals surface area contributed by atoms with Gasteiger partial charge in [0.1, 0.15) is 0 Å². The highest BCUT2D eigenvalue weighted by Crippen LogP contribution is 2.33. The van der Waals surface area contributed by atoms with Gasteiger partial charge in [-0.25, -0.2) is 4.79 Å². The first-order chi connectivity index (χ1) is 10.1. The molecule has 6 heteroatoms. The first-order valence-corrected chi connectivity index (χ1v) is 7.29. The highest BCUT2D eigenvalue weighted by molar-refractivity contribution is 5.75. The monoisotopic (exact) mass is 291 g/mol. The van der Waals surface area contributed by atoms with Gasteiger partial charge in [-0.2, -0.15) is 0 Å². The number of aliphatic carboxylic acids is 1. The Morgan fingerprint density at radius 2 is 2.24 bits per heavy atom. The van der Waals surface area contributed by atoms with Crippen molar-refractivity contribution >= 4 is 12.0 Å². The van der Waals surface area contributed by atoms with Gasteiger partial charge < -0.3 is 15.7 Å². The van der Waals surface area contributed by atoms with E-state index in [0.717, 1.165) is 30.5 Å². The van der Waals surface area contributed by atoms with Crippen LogP contribution in [0, 0.1) is 5.92 Å². The van der Waals surface area contributed by atoms with E-state index in [1.165, 1.54) is 0 Å². The summed E-state index contributed by atoms with van der Waals surface area (Å²) in [6.07, 6.45) is 4.50. The number of aryl methyl sites for hydroxylation is 1. The minimum absolute atomic E-state index is 0.0259. The third kappa shape index (κ3) is 4.73. The smallest absolute Gasteiger partial charge is 0.315 e. The number of hydrogen-bond donors (Lipinski definition) is 3. The van der Waals surface area contributed by atoms with Crippen LogP contribution >= 0.6 is 0 Å². The zero-order chi connectivity index (χ0) is 15.2. The van der Waals surface area contributed by atoms with Gasteiger partial charge in [-0.05, 0) is 36.8 Å². The van der Waals surface area contributed by atoms with Gasteiger partial charge in [0.15, 0.2) is 0 Å². The molecule has 0 aromatic carbocycles. The molecule has 0 saturated heterocycles. The predicted octanol–water partition coefficient (Wildman–Crippen LogP) is 1.70. The average Bonchev–Trinajstić information content (AvgIpc) is 3.29. The number of carboxylic acids is 1. The van der Waals surface area contributed by atoms with Crippen LogP contribution in [0.1, 0.15) is 37.4 Å². The van der Waals surface area contributed by atoms with Gasteiger partial charge in [-0.1, -0.05) is 13.0 Å². The molecule has 21 heavy (non-hydrogen) atoms. The third-order valence-corrected chi connectivity index (χ3v) is 3.68. The zero-order valence-electron chi connectivity index (χ0n) is 12.1. The van der Waals surface area contributed by atoms with Crippen LogP contribution < -0.4 is 10.6 Å². The van der Waals surface area contributed by atoms with Gasteiger partial charge in [0, 0.05) is 12.2 Å². The Hall–Kier alpha value is -2.11. The normalized spacial score (nSPS) is 15.3. The summed E-state index contributed by atoms with van der Waals surface area (Å²) in [5.74, 6) is -0.585. The van der Waals surface area contributed by atoms with Crippen LogP contribution in [-0.4, -0.2) is 28.1 Å². The fraction of sp³-hybridized carbons (Fsp3) is 0.533. The van der Waals surface area contributed by atoms with Gasteiger partial charge in [-0.15, -0.1) is 0 Å². The molecule has 1 unspecified atom stereocenters. The standard InChI is InChI=1S/C15H21N3O3/c1-2-10-4-3-7-16-13(10)9-17-15(21)18-12(8-14(19)20)11-5-6-11/h3-4,7,11-12H,2,5-6,8-9H2,1H3,(H,19,20)(H2,17,18,21). The summed E-state index contributed by atoms with van der Waals surface area (Å²) in [6.45, 7) is 2.39. The van der Waals surface area contributed by atoms with Gasteiger partial charge in [-0.3, -0.25) is 9.78 Å². The lowest BCUT2D eigenvalue weighted by molar-refractivity contribution is -0.137. The number of carbonyl (C=O) groups is 2. The van der Waals surface area contributed by atoms with E-state index in [1.54, 1.807) is 6.20 Å². The second-order valence-corrected chi connectivity index (χ2v) is 5.33. The van der Waals surface area contributed by atoms with Crippen LogP contribution in [0.5, 0.6) is 0 Å². The summed E-state index contributed by atoms with van der Waals surface area (Å²) < 4.78 is 0. The number of aromatic nitrogens is 1. The molecule has 0 aliphatic heterocycles. The maximum absolute atomic E-state index is 11.9. The SMILES string of the molecule is CCc1cccnc1CNC(=O)NC(CC(=O)O)C1CC1. The molecule has 0 radical (unpaired) electrons. The Kier molecular flexibility index (Phi) is 5.14. The van der Waals surface area contributed by atoms with Crippen molar-refractivity contribution in [2.45, 2.75) is 45.2 Å². The van der Waals surface area contributed by atoms with Crippen molar-refractivity contribution in [1.82, 2.24) is 15.6 Å². The van der Waals surface area contributed by atoms with Crippen LogP contribution in [0.15, 0.2) is 18.3 Å². The lowest BCUT2D eigenvalue weighted by Crippen LogP contribution is -2.44. The number of nitrogens with zero attached hydrogens (tertiary/aromatic N) is 1. The fourth-order valence-corrected chi connectivity index (χ4v) is 2.36. The molecule has 0 spiro atoms. The topological polar surface area (TPSA) is 91.3 Å². The van der Waals surface area contributed by atoms with Crippen LogP contribution in [0.3, 0.4) is 0 Å². The number of pyridine rings is 1. The molecule has 1 aromatic rings. The van der Waals surface area contributed by atoms with Gasteiger partial charge >= 0.3 is 12.0 Å². The molecule has 1 heterocycles. The second-order valence-electron chi connectivity index (χ2n) is 5.33. The van der Waals surface area contributed by atoms with Crippen molar-refractivity contribution < 1.29 is 14.7 Å². The minimum Gasteiger partial charge on any atom is -0.481 e. The maximum atomic E-state index is 11.9. The predicted molar refractivity (Wildman–Crippen MR) is 77.8 cm³/mol. The number of nitrogens with one attached hydrogen (secondary N) is 2. The molecule has 114 valence electrons. The Labute approximate surface area is 124 Å². The van der Waals surface area contributed by atoms with Crippen molar-refractivity contribution in [3.63, 3.8) is 0 Å². The van der Waals surface area contributed by atoms with Gasteiger partial charge in [0.25, 0.3) is 0 Å². The average molecular weight is 291 g/mol. The molecule has 2 rings (SSSR count). The van der Waals surface area contributed by atoms with Crippen molar-refractivity contribution in [2.24, 2.45) is 5.92 Å². The Balaban J connectivity index is 1.84. The van der Waals surface area contributed by atoms with E-state index >= 15 is 0 Å². The largest absolute Gasteiger partial charge is 0.481 e. The molecule has 1 aromatic heterocycles. The Morgan fingerprint density at radius 1 is 1.48 bits per heavy atom. The lowest BCUT2D eigenvalue weighted by atomic mass is 10.1. The second kappa shape index (κ2) is 7.06. The van der Waals surface area contributed by atoms with E-state index < -0.39 is 5.97 Å². The highest BCUT2D eigenvalue weighted by Gasteiger charge is 2.33. The van der Waals surface area contributed by atoms with E-state index in [0.29, 0.717) is 12.5 Å². The van der Waals surface area contributed by atoms with Crippen LogP contribution in [-0.2, 0) is 17.8 Å². The zero-order valence-corrected chi connectivity index (χ0v) is 12.1.